The third-order valence-corrected chi connectivity index (χ3v) is 5.52. The zero-order valence-electron chi connectivity index (χ0n) is 20.0. The van der Waals surface area contributed by atoms with E-state index >= 15 is 0 Å². The highest BCUT2D eigenvalue weighted by Crippen LogP contribution is 2.14. The predicted octanol–water partition coefficient (Wildman–Crippen LogP) is 5.55. The van der Waals surface area contributed by atoms with Gasteiger partial charge >= 0.3 is 0 Å². The maximum atomic E-state index is 11.8. The van der Waals surface area contributed by atoms with E-state index < -0.39 is 0 Å². The van der Waals surface area contributed by atoms with Crippen molar-refractivity contribution in [3.8, 4) is 0 Å². The van der Waals surface area contributed by atoms with Crippen LogP contribution in [0, 0.1) is 0 Å². The summed E-state index contributed by atoms with van der Waals surface area (Å²) in [5, 5.41) is 11.9. The Morgan fingerprint density at radius 1 is 0.933 bits per heavy atom. The molecule has 5 nitrogen and oxygen atoms in total. The standard InChI is InChI=1S/C25H49NO4/c1-4-5-6-7-8-9-10-11-12-13-15-18-24(30-3)19-16-14-17-20-25(28)26-23(21-27)22-29-2/h14,16,23-24,27H,4-13,15,17-22H2,1-3H3,(H,26,28)/b16-14+/t23-,24+/m1/s1. The Hall–Kier alpha value is -0.910. The van der Waals surface area contributed by atoms with Crippen molar-refractivity contribution in [2.45, 2.75) is 115 Å². The first-order chi connectivity index (χ1) is 14.7. The molecule has 0 heterocycles. The van der Waals surface area contributed by atoms with E-state index in [1.807, 2.05) is 0 Å². The lowest BCUT2D eigenvalue weighted by atomic mass is 10.0. The Bertz CT molecular complexity index is 401. The Labute approximate surface area is 186 Å². The van der Waals surface area contributed by atoms with E-state index in [4.69, 9.17) is 14.6 Å². The number of unbranched alkanes of at least 4 members (excludes halogenated alkanes) is 10. The number of carbonyl (C=O) groups excluding carboxylic acids is 1. The van der Waals surface area contributed by atoms with Crippen LogP contribution in [-0.4, -0.2) is 50.6 Å². The number of hydrogen-bond donors (Lipinski definition) is 2. The van der Waals surface area contributed by atoms with Gasteiger partial charge in [0.1, 0.15) is 0 Å². The average molecular weight is 428 g/mol. The van der Waals surface area contributed by atoms with Crippen molar-refractivity contribution in [1.29, 1.82) is 0 Å². The van der Waals surface area contributed by atoms with Gasteiger partial charge in [0, 0.05) is 20.6 Å². The van der Waals surface area contributed by atoms with E-state index in [0.717, 1.165) is 12.8 Å². The second-order valence-electron chi connectivity index (χ2n) is 8.33. The molecule has 0 aliphatic carbocycles. The topological polar surface area (TPSA) is 67.8 Å². The Morgan fingerprint density at radius 2 is 1.53 bits per heavy atom. The smallest absolute Gasteiger partial charge is 0.220 e. The molecule has 0 aliphatic rings. The molecule has 2 atom stereocenters. The lowest BCUT2D eigenvalue weighted by Crippen LogP contribution is -2.40. The van der Waals surface area contributed by atoms with Gasteiger partial charge in [0.2, 0.25) is 5.91 Å². The molecule has 0 fully saturated rings. The number of carbonyl (C=O) groups is 1. The van der Waals surface area contributed by atoms with Crippen LogP contribution in [0.2, 0.25) is 0 Å². The highest BCUT2D eigenvalue weighted by molar-refractivity contribution is 5.76. The molecule has 0 aromatic heterocycles. The van der Waals surface area contributed by atoms with Crippen molar-refractivity contribution < 1.29 is 19.4 Å². The summed E-state index contributed by atoms with van der Waals surface area (Å²) in [5.41, 5.74) is 0. The van der Waals surface area contributed by atoms with E-state index in [1.54, 1.807) is 14.2 Å². The summed E-state index contributed by atoms with van der Waals surface area (Å²) >= 11 is 0. The number of amides is 1. The number of methoxy groups -OCH3 is 2. The number of aliphatic hydroxyl groups excluding tert-OH is 1. The fraction of sp³-hybridized carbons (Fsp3) is 0.880. The van der Waals surface area contributed by atoms with Crippen LogP contribution < -0.4 is 5.32 Å². The van der Waals surface area contributed by atoms with E-state index in [2.05, 4.69) is 24.4 Å². The third kappa shape index (κ3) is 19.1. The summed E-state index contributed by atoms with van der Waals surface area (Å²) in [4.78, 5) is 11.8. The van der Waals surface area contributed by atoms with Crippen LogP contribution in [0.3, 0.4) is 0 Å². The molecule has 0 aromatic carbocycles. The largest absolute Gasteiger partial charge is 0.394 e. The molecule has 0 radical (unpaired) electrons. The first-order valence-electron chi connectivity index (χ1n) is 12.2. The number of hydrogen-bond acceptors (Lipinski definition) is 4. The van der Waals surface area contributed by atoms with Gasteiger partial charge in [0.25, 0.3) is 0 Å². The van der Waals surface area contributed by atoms with Crippen LogP contribution in [-0.2, 0) is 14.3 Å². The van der Waals surface area contributed by atoms with Gasteiger partial charge in [-0.3, -0.25) is 4.79 Å². The van der Waals surface area contributed by atoms with Gasteiger partial charge in [-0.2, -0.15) is 0 Å². The van der Waals surface area contributed by atoms with Gasteiger partial charge < -0.3 is 19.9 Å². The monoisotopic (exact) mass is 427 g/mol. The number of aliphatic hydroxyl groups is 1. The van der Waals surface area contributed by atoms with Gasteiger partial charge in [-0.1, -0.05) is 89.7 Å². The first kappa shape index (κ1) is 29.1. The summed E-state index contributed by atoms with van der Waals surface area (Å²) < 4.78 is 10.5. The molecule has 0 spiro atoms. The highest BCUT2D eigenvalue weighted by atomic mass is 16.5. The molecule has 0 aliphatic heterocycles. The van der Waals surface area contributed by atoms with Gasteiger partial charge in [-0.05, 0) is 19.3 Å². The molecule has 0 saturated carbocycles. The van der Waals surface area contributed by atoms with E-state index in [1.165, 1.54) is 70.6 Å². The minimum absolute atomic E-state index is 0.0556. The maximum absolute atomic E-state index is 11.8. The van der Waals surface area contributed by atoms with Crippen molar-refractivity contribution in [3.63, 3.8) is 0 Å². The number of ether oxygens (including phenoxy) is 2. The van der Waals surface area contributed by atoms with Crippen molar-refractivity contribution in [3.05, 3.63) is 12.2 Å². The molecule has 5 heteroatoms. The molecular formula is C25H49NO4. The first-order valence-corrected chi connectivity index (χ1v) is 12.2. The molecule has 0 saturated heterocycles. The van der Waals surface area contributed by atoms with Crippen LogP contribution in [0.1, 0.15) is 103 Å². The SMILES string of the molecule is CCCCCCCCCCCCC[C@@H](C/C=C/CCC(=O)N[C@H](CO)COC)OC. The minimum atomic E-state index is -0.324. The van der Waals surface area contributed by atoms with Gasteiger partial charge in [0.05, 0.1) is 25.4 Å². The van der Waals surface area contributed by atoms with Gasteiger partial charge in [-0.25, -0.2) is 0 Å². The number of allylic oxidation sites excluding steroid dienone is 1. The average Bonchev–Trinajstić information content (AvgIpc) is 2.75. The summed E-state index contributed by atoms with van der Waals surface area (Å²) in [6, 6.07) is -0.324. The fourth-order valence-corrected chi connectivity index (χ4v) is 3.59. The summed E-state index contributed by atoms with van der Waals surface area (Å²) in [6.45, 7) is 2.49. The molecule has 1 amide bonds. The molecule has 2 N–H and O–H groups in total. The van der Waals surface area contributed by atoms with Crippen LogP contribution in [0.15, 0.2) is 12.2 Å². The molecule has 0 bridgehead atoms. The second kappa shape index (κ2) is 22.8. The van der Waals surface area contributed by atoms with Crippen LogP contribution in [0.25, 0.3) is 0 Å². The van der Waals surface area contributed by atoms with Gasteiger partial charge in [-0.15, -0.1) is 0 Å². The molecular weight excluding hydrogens is 378 g/mol. The van der Waals surface area contributed by atoms with Crippen molar-refractivity contribution in [2.24, 2.45) is 0 Å². The fourth-order valence-electron chi connectivity index (χ4n) is 3.59. The minimum Gasteiger partial charge on any atom is -0.394 e. The van der Waals surface area contributed by atoms with E-state index in [-0.39, 0.29) is 24.7 Å². The van der Waals surface area contributed by atoms with Crippen molar-refractivity contribution in [1.82, 2.24) is 5.32 Å². The van der Waals surface area contributed by atoms with Crippen LogP contribution in [0.5, 0.6) is 0 Å². The Balaban J connectivity index is 3.63. The highest BCUT2D eigenvalue weighted by Gasteiger charge is 2.10. The molecule has 0 aromatic rings. The third-order valence-electron chi connectivity index (χ3n) is 5.52. The van der Waals surface area contributed by atoms with E-state index in [0.29, 0.717) is 19.4 Å². The van der Waals surface area contributed by atoms with Crippen LogP contribution >= 0.6 is 0 Å². The lowest BCUT2D eigenvalue weighted by molar-refractivity contribution is -0.122. The lowest BCUT2D eigenvalue weighted by Gasteiger charge is -2.14. The Morgan fingerprint density at radius 3 is 2.07 bits per heavy atom. The molecule has 0 unspecified atom stereocenters. The second-order valence-corrected chi connectivity index (χ2v) is 8.33. The van der Waals surface area contributed by atoms with Crippen molar-refractivity contribution >= 4 is 5.91 Å². The van der Waals surface area contributed by atoms with Crippen molar-refractivity contribution in [2.75, 3.05) is 27.4 Å². The summed E-state index contributed by atoms with van der Waals surface area (Å²) in [5.74, 6) is -0.0556. The zero-order chi connectivity index (χ0) is 22.3. The summed E-state index contributed by atoms with van der Waals surface area (Å²) in [7, 11) is 3.34. The summed E-state index contributed by atoms with van der Waals surface area (Å²) in [6.07, 6.45) is 22.6. The van der Waals surface area contributed by atoms with E-state index in [9.17, 15) is 4.79 Å². The maximum Gasteiger partial charge on any atom is 0.220 e. The number of rotatable bonds is 22. The molecule has 30 heavy (non-hydrogen) atoms. The van der Waals surface area contributed by atoms with Crippen LogP contribution in [0.4, 0.5) is 0 Å². The number of nitrogens with one attached hydrogen (secondary N) is 1. The molecule has 0 rings (SSSR count). The normalized spacial score (nSPS) is 13.6. The Kier molecular flexibility index (Phi) is 22.1. The molecule has 178 valence electrons. The predicted molar refractivity (Wildman–Crippen MR) is 126 cm³/mol. The van der Waals surface area contributed by atoms with Gasteiger partial charge in [0.15, 0.2) is 0 Å². The quantitative estimate of drug-likeness (QED) is 0.175. The zero-order valence-corrected chi connectivity index (χ0v) is 20.0.